The first kappa shape index (κ1) is 83.2. The van der Waals surface area contributed by atoms with Crippen LogP contribution in [-0.2, 0) is 27.9 Å². The van der Waals surface area contributed by atoms with E-state index in [2.05, 4.69) is 99.0 Å². The highest BCUT2D eigenvalue weighted by atomic mass is 31.2. The van der Waals surface area contributed by atoms with E-state index in [1.54, 1.807) is 0 Å². The number of phosphoric acid groups is 1. The summed E-state index contributed by atoms with van der Waals surface area (Å²) < 4.78 is 30.4. The van der Waals surface area contributed by atoms with Gasteiger partial charge in [0.2, 0.25) is 5.91 Å². The van der Waals surface area contributed by atoms with Gasteiger partial charge in [-0.1, -0.05) is 324 Å². The van der Waals surface area contributed by atoms with Crippen molar-refractivity contribution in [2.75, 3.05) is 40.9 Å². The van der Waals surface area contributed by atoms with Crippen molar-refractivity contribution in [2.24, 2.45) is 0 Å². The van der Waals surface area contributed by atoms with Crippen LogP contribution in [-0.4, -0.2) is 69.4 Å². The summed E-state index contributed by atoms with van der Waals surface area (Å²) in [5.74, 6) is -0.560. The van der Waals surface area contributed by atoms with Gasteiger partial charge in [0.15, 0.2) is 0 Å². The number of nitrogens with one attached hydrogen (secondary N) is 1. The number of unbranched alkanes of at least 4 members (excludes halogenated alkanes) is 38. The second-order valence-electron chi connectivity index (χ2n) is 25.7. The fourth-order valence-corrected chi connectivity index (χ4v) is 11.3. The summed E-state index contributed by atoms with van der Waals surface area (Å²) in [6.07, 6.45) is 87.2. The largest absolute Gasteiger partial charge is 0.756 e. The highest BCUT2D eigenvalue weighted by Crippen LogP contribution is 2.38. The number of allylic oxidation sites excluding steroid dienone is 13. The van der Waals surface area contributed by atoms with Crippen molar-refractivity contribution in [2.45, 2.75) is 348 Å². The number of carbonyl (C=O) groups excluding carboxylic acids is 2. The minimum atomic E-state index is -4.71. The number of ether oxygens (including phenoxy) is 1. The summed E-state index contributed by atoms with van der Waals surface area (Å²) in [7, 11) is 1.17. The zero-order chi connectivity index (χ0) is 62.8. The molecule has 1 N–H and O–H groups in total. The molecule has 0 rings (SSSR count). The Bertz CT molecular complexity index is 1750. The van der Waals surface area contributed by atoms with Crippen molar-refractivity contribution >= 4 is 19.7 Å². The molecule has 0 spiro atoms. The van der Waals surface area contributed by atoms with Gasteiger partial charge in [-0.05, 0) is 83.1 Å². The Hall–Kier alpha value is -2.81. The molecule has 0 aromatic carbocycles. The molecular formula is C76H139N2O7P. The van der Waals surface area contributed by atoms with E-state index in [1.807, 2.05) is 33.3 Å². The summed E-state index contributed by atoms with van der Waals surface area (Å²) >= 11 is 0. The Kier molecular flexibility index (Phi) is 63.0. The van der Waals surface area contributed by atoms with Crippen molar-refractivity contribution < 1.29 is 37.3 Å². The lowest BCUT2D eigenvalue weighted by Crippen LogP contribution is -2.47. The molecule has 0 aromatic rings. The highest BCUT2D eigenvalue weighted by Gasteiger charge is 2.27. The zero-order valence-corrected chi connectivity index (χ0v) is 58.2. The monoisotopic (exact) mass is 1220 g/mol. The van der Waals surface area contributed by atoms with E-state index in [4.69, 9.17) is 13.8 Å². The first-order valence-corrected chi connectivity index (χ1v) is 37.9. The van der Waals surface area contributed by atoms with Crippen LogP contribution in [0.5, 0.6) is 0 Å². The van der Waals surface area contributed by atoms with Crippen LogP contribution in [0.25, 0.3) is 0 Å². The van der Waals surface area contributed by atoms with Gasteiger partial charge < -0.3 is 28.5 Å². The van der Waals surface area contributed by atoms with E-state index in [1.165, 1.54) is 193 Å². The normalized spacial score (nSPS) is 14.0. The molecule has 3 atom stereocenters. The van der Waals surface area contributed by atoms with Gasteiger partial charge in [-0.25, -0.2) is 0 Å². The maximum absolute atomic E-state index is 13.6. The third-order valence-corrected chi connectivity index (χ3v) is 17.1. The third kappa shape index (κ3) is 65.6. The minimum Gasteiger partial charge on any atom is -0.756 e. The molecule has 0 aromatic heterocycles. The van der Waals surface area contributed by atoms with Gasteiger partial charge in [0.25, 0.3) is 7.82 Å². The molecule has 3 unspecified atom stereocenters. The highest BCUT2D eigenvalue weighted by molar-refractivity contribution is 7.45. The van der Waals surface area contributed by atoms with Crippen molar-refractivity contribution in [3.63, 3.8) is 0 Å². The van der Waals surface area contributed by atoms with Crippen molar-refractivity contribution in [1.29, 1.82) is 0 Å². The number of nitrogens with zero attached hydrogens (tertiary/aromatic N) is 1. The van der Waals surface area contributed by atoms with Gasteiger partial charge in [-0.2, -0.15) is 0 Å². The van der Waals surface area contributed by atoms with Crippen LogP contribution < -0.4 is 10.2 Å². The van der Waals surface area contributed by atoms with Crippen LogP contribution in [0, 0.1) is 0 Å². The molecule has 0 bridgehead atoms. The predicted molar refractivity (Wildman–Crippen MR) is 371 cm³/mol. The smallest absolute Gasteiger partial charge is 0.306 e. The fraction of sp³-hybridized carbons (Fsp3) is 0.789. The molecule has 0 aliphatic rings. The number of carbonyl (C=O) groups is 2. The molecule has 0 fully saturated rings. The maximum Gasteiger partial charge on any atom is 0.306 e. The number of hydrogen-bond acceptors (Lipinski definition) is 7. The van der Waals surface area contributed by atoms with E-state index in [0.29, 0.717) is 23.9 Å². The Morgan fingerprint density at radius 2 is 0.744 bits per heavy atom. The summed E-state index contributed by atoms with van der Waals surface area (Å²) in [5.41, 5.74) is 0. The molecule has 0 aliphatic heterocycles. The molecule has 0 radical (unpaired) electrons. The number of esters is 1. The number of amides is 1. The summed E-state index contributed by atoms with van der Waals surface area (Å²) in [6.45, 7) is 6.75. The summed E-state index contributed by atoms with van der Waals surface area (Å²) in [5, 5.41) is 3.04. The summed E-state index contributed by atoms with van der Waals surface area (Å²) in [4.78, 5) is 40.2. The Morgan fingerprint density at radius 3 is 1.12 bits per heavy atom. The van der Waals surface area contributed by atoms with Gasteiger partial charge in [-0.15, -0.1) is 0 Å². The molecule has 9 nitrogen and oxygen atoms in total. The first-order valence-electron chi connectivity index (χ1n) is 36.4. The van der Waals surface area contributed by atoms with Gasteiger partial charge in [0.1, 0.15) is 19.3 Å². The minimum absolute atomic E-state index is 0.0283. The lowest BCUT2D eigenvalue weighted by molar-refractivity contribution is -0.870. The van der Waals surface area contributed by atoms with Gasteiger partial charge in [-0.3, -0.25) is 14.2 Å². The van der Waals surface area contributed by atoms with Crippen molar-refractivity contribution in [3.8, 4) is 0 Å². The Labute approximate surface area is 533 Å². The van der Waals surface area contributed by atoms with Crippen LogP contribution in [0.15, 0.2) is 85.1 Å². The third-order valence-electron chi connectivity index (χ3n) is 16.1. The quantitative estimate of drug-likeness (QED) is 0.0212. The lowest BCUT2D eigenvalue weighted by atomic mass is 10.0. The van der Waals surface area contributed by atoms with E-state index in [0.717, 1.165) is 103 Å². The molecular weight excluding hydrogens is 1080 g/mol. The SMILES string of the molecule is CC/C=C\C/C=C\C/C=C\C/C=C\C/C=C\C/C=C\CCCCCCC(=O)OC(/C=C/CCCCCCCCCCCC)C(COP(=O)([O-])OCC[N+](C)(C)C)NC(=O)CCCCCCCCCCCCCCCCCCCCCCCCCCC. The topological polar surface area (TPSA) is 114 Å². The molecule has 1 amide bonds. The average molecular weight is 1220 g/mol. The van der Waals surface area contributed by atoms with Crippen LogP contribution in [0.3, 0.4) is 0 Å². The molecule has 0 heterocycles. The molecule has 0 saturated heterocycles. The van der Waals surface area contributed by atoms with Gasteiger partial charge in [0.05, 0.1) is 33.8 Å². The molecule has 10 heteroatoms. The van der Waals surface area contributed by atoms with Crippen molar-refractivity contribution in [1.82, 2.24) is 5.32 Å². The van der Waals surface area contributed by atoms with E-state index in [-0.39, 0.29) is 24.9 Å². The Balaban J connectivity index is 5.08. The zero-order valence-electron chi connectivity index (χ0n) is 57.3. The van der Waals surface area contributed by atoms with Gasteiger partial charge in [0, 0.05) is 12.8 Å². The van der Waals surface area contributed by atoms with Crippen LogP contribution in [0.4, 0.5) is 0 Å². The standard InChI is InChI=1S/C76H139N2O7P/c1-7-10-13-16-19-22-25-28-30-32-34-36-38-39-41-42-44-46-48-50-53-56-59-62-65-68-75(79)77-73(72-84-86(81,82)83-71-70-78(4,5)6)74(67-64-61-58-55-52-27-24-21-18-15-12-9-3)85-76(80)69-66-63-60-57-54-51-49-47-45-43-40-37-35-33-31-29-26-23-20-17-14-11-8-2/h11,14,20,23,29,31,35,37,43,45,49,51,64,67,73-74H,7-10,12-13,15-19,21-22,24-28,30,32-34,36,38-42,44,46-48,50,52-63,65-66,68-72H2,1-6H3,(H-,77,79,81,82)/b14-11-,23-20-,31-29-,37-35-,45-43-,51-49-,67-64+. The maximum atomic E-state index is 13.6. The average Bonchev–Trinajstić information content (AvgIpc) is 3.69. The second-order valence-corrected chi connectivity index (χ2v) is 27.1. The molecule has 0 saturated carbocycles. The number of rotatable bonds is 66. The van der Waals surface area contributed by atoms with Crippen LogP contribution in [0.1, 0.15) is 335 Å². The van der Waals surface area contributed by atoms with E-state index >= 15 is 0 Å². The van der Waals surface area contributed by atoms with Crippen LogP contribution in [0.2, 0.25) is 0 Å². The Morgan fingerprint density at radius 1 is 0.419 bits per heavy atom. The van der Waals surface area contributed by atoms with E-state index in [9.17, 15) is 19.0 Å². The summed E-state index contributed by atoms with van der Waals surface area (Å²) in [6, 6.07) is -0.903. The number of likely N-dealkylation sites (N-methyl/N-ethyl adjacent to an activating group) is 1. The predicted octanol–water partition coefficient (Wildman–Crippen LogP) is 22.7. The van der Waals surface area contributed by atoms with Crippen molar-refractivity contribution in [3.05, 3.63) is 85.1 Å². The lowest BCUT2D eigenvalue weighted by Gasteiger charge is -2.30. The molecule has 500 valence electrons. The second kappa shape index (κ2) is 65.2. The van der Waals surface area contributed by atoms with Crippen LogP contribution >= 0.6 is 7.82 Å². The first-order chi connectivity index (χ1) is 41.9. The number of quaternary nitrogens is 1. The van der Waals surface area contributed by atoms with E-state index < -0.39 is 26.6 Å². The molecule has 86 heavy (non-hydrogen) atoms. The number of phosphoric ester groups is 1. The van der Waals surface area contributed by atoms with Gasteiger partial charge >= 0.3 is 5.97 Å². The molecule has 0 aliphatic carbocycles. The number of hydrogen-bond donors (Lipinski definition) is 1. The fourth-order valence-electron chi connectivity index (χ4n) is 10.5.